The molecule has 0 saturated heterocycles. The lowest BCUT2D eigenvalue weighted by Crippen LogP contribution is -2.35. The maximum Gasteiger partial charge on any atom is 0.179 e. The van der Waals surface area contributed by atoms with Crippen LogP contribution in [0, 0.1) is 0 Å². The van der Waals surface area contributed by atoms with Crippen LogP contribution in [-0.4, -0.2) is 31.0 Å². The summed E-state index contributed by atoms with van der Waals surface area (Å²) in [5, 5.41) is 6.63. The highest BCUT2D eigenvalue weighted by Gasteiger charge is 2.19. The summed E-state index contributed by atoms with van der Waals surface area (Å²) in [5.74, 6) is 0.918. The lowest BCUT2D eigenvalue weighted by atomic mass is 10.0. The SMILES string of the molecule is CC1CNc2cc(C(=O)C(C)NCCc3ccccc3)ccc2O1. The van der Waals surface area contributed by atoms with E-state index in [4.69, 9.17) is 4.74 Å². The maximum absolute atomic E-state index is 12.6. The summed E-state index contributed by atoms with van der Waals surface area (Å²) < 4.78 is 5.75. The van der Waals surface area contributed by atoms with Gasteiger partial charge in [0.15, 0.2) is 5.78 Å². The summed E-state index contributed by atoms with van der Waals surface area (Å²) in [5.41, 5.74) is 2.88. The first kappa shape index (κ1) is 16.5. The lowest BCUT2D eigenvalue weighted by molar-refractivity contribution is 0.0951. The third kappa shape index (κ3) is 3.95. The number of benzene rings is 2. The molecule has 126 valence electrons. The third-order valence-electron chi connectivity index (χ3n) is 4.27. The molecule has 0 amide bonds. The van der Waals surface area contributed by atoms with Gasteiger partial charge >= 0.3 is 0 Å². The van der Waals surface area contributed by atoms with Crippen LogP contribution < -0.4 is 15.4 Å². The van der Waals surface area contributed by atoms with Crippen molar-refractivity contribution in [1.82, 2.24) is 5.32 Å². The minimum absolute atomic E-state index is 0.103. The number of Topliss-reactive ketones (excluding diaryl/α,β-unsaturated/α-hetero) is 1. The molecule has 4 heteroatoms. The van der Waals surface area contributed by atoms with E-state index in [0.29, 0.717) is 5.56 Å². The molecule has 2 atom stereocenters. The summed E-state index contributed by atoms with van der Waals surface area (Å²) in [6.45, 7) is 5.47. The van der Waals surface area contributed by atoms with Crippen molar-refractivity contribution < 1.29 is 9.53 Å². The minimum Gasteiger partial charge on any atom is -0.487 e. The van der Waals surface area contributed by atoms with Crippen molar-refractivity contribution in [3.05, 3.63) is 59.7 Å². The van der Waals surface area contributed by atoms with Crippen LogP contribution in [-0.2, 0) is 6.42 Å². The van der Waals surface area contributed by atoms with Crippen LogP contribution in [0.5, 0.6) is 5.75 Å². The van der Waals surface area contributed by atoms with Gasteiger partial charge in [0.25, 0.3) is 0 Å². The highest BCUT2D eigenvalue weighted by Crippen LogP contribution is 2.30. The van der Waals surface area contributed by atoms with Gasteiger partial charge in [-0.3, -0.25) is 4.79 Å². The number of rotatable bonds is 6. The summed E-state index contributed by atoms with van der Waals surface area (Å²) in [6.07, 6.45) is 1.06. The fourth-order valence-corrected chi connectivity index (χ4v) is 2.86. The normalized spacial score (nSPS) is 17.3. The second kappa shape index (κ2) is 7.49. The molecule has 1 aliphatic rings. The molecule has 0 saturated carbocycles. The van der Waals surface area contributed by atoms with E-state index in [9.17, 15) is 4.79 Å². The third-order valence-corrected chi connectivity index (χ3v) is 4.27. The van der Waals surface area contributed by atoms with E-state index < -0.39 is 0 Å². The molecule has 2 aromatic rings. The predicted octanol–water partition coefficient (Wildman–Crippen LogP) is 3.28. The lowest BCUT2D eigenvalue weighted by Gasteiger charge is -2.25. The molecule has 0 bridgehead atoms. The van der Waals surface area contributed by atoms with Crippen molar-refractivity contribution in [2.75, 3.05) is 18.4 Å². The highest BCUT2D eigenvalue weighted by atomic mass is 16.5. The summed E-state index contributed by atoms with van der Waals surface area (Å²) >= 11 is 0. The topological polar surface area (TPSA) is 50.4 Å². The van der Waals surface area contributed by atoms with Gasteiger partial charge in [0.1, 0.15) is 11.9 Å². The van der Waals surface area contributed by atoms with Crippen LogP contribution in [0.1, 0.15) is 29.8 Å². The molecule has 1 heterocycles. The number of fused-ring (bicyclic) bond motifs is 1. The molecule has 2 aromatic carbocycles. The van der Waals surface area contributed by atoms with Gasteiger partial charge in [0, 0.05) is 5.56 Å². The number of hydrogen-bond acceptors (Lipinski definition) is 4. The molecule has 0 spiro atoms. The Labute approximate surface area is 143 Å². The number of ether oxygens (including phenoxy) is 1. The van der Waals surface area contributed by atoms with E-state index in [-0.39, 0.29) is 17.9 Å². The first-order valence-corrected chi connectivity index (χ1v) is 8.49. The van der Waals surface area contributed by atoms with Crippen LogP contribution in [0.2, 0.25) is 0 Å². The van der Waals surface area contributed by atoms with Crippen LogP contribution in [0.4, 0.5) is 5.69 Å². The quantitative estimate of drug-likeness (QED) is 0.801. The number of ketones is 1. The average Bonchev–Trinajstić information content (AvgIpc) is 2.61. The van der Waals surface area contributed by atoms with Crippen LogP contribution in [0.15, 0.2) is 48.5 Å². The van der Waals surface area contributed by atoms with Gasteiger partial charge < -0.3 is 15.4 Å². The zero-order valence-corrected chi connectivity index (χ0v) is 14.2. The second-order valence-electron chi connectivity index (χ2n) is 6.30. The summed E-state index contributed by atoms with van der Waals surface area (Å²) in [6, 6.07) is 15.7. The Kier molecular flexibility index (Phi) is 5.16. The number of hydrogen-bond donors (Lipinski definition) is 2. The molecule has 3 rings (SSSR count). The Bertz CT molecular complexity index is 700. The zero-order chi connectivity index (χ0) is 16.9. The first-order valence-electron chi connectivity index (χ1n) is 8.49. The average molecular weight is 324 g/mol. The second-order valence-corrected chi connectivity index (χ2v) is 6.30. The molecule has 24 heavy (non-hydrogen) atoms. The van der Waals surface area contributed by atoms with Gasteiger partial charge in [0.05, 0.1) is 18.3 Å². The van der Waals surface area contributed by atoms with E-state index in [1.54, 1.807) is 0 Å². The van der Waals surface area contributed by atoms with Crippen molar-refractivity contribution >= 4 is 11.5 Å². The van der Waals surface area contributed by atoms with Crippen LogP contribution >= 0.6 is 0 Å². The van der Waals surface area contributed by atoms with Crippen molar-refractivity contribution in [3.8, 4) is 5.75 Å². The first-order chi connectivity index (χ1) is 11.6. The van der Waals surface area contributed by atoms with Crippen LogP contribution in [0.25, 0.3) is 0 Å². The minimum atomic E-state index is -0.213. The Balaban J connectivity index is 1.57. The van der Waals surface area contributed by atoms with E-state index >= 15 is 0 Å². The smallest absolute Gasteiger partial charge is 0.179 e. The molecule has 0 aromatic heterocycles. The Morgan fingerprint density at radius 2 is 2.08 bits per heavy atom. The standard InChI is InChI=1S/C20H24N2O2/c1-14-13-22-18-12-17(8-9-19(18)24-14)20(23)15(2)21-11-10-16-6-4-3-5-7-16/h3-9,12,14-15,21-22H,10-11,13H2,1-2H3. The molecular formula is C20H24N2O2. The molecule has 0 radical (unpaired) electrons. The van der Waals surface area contributed by atoms with Gasteiger partial charge in [-0.2, -0.15) is 0 Å². The van der Waals surface area contributed by atoms with Crippen molar-refractivity contribution in [2.24, 2.45) is 0 Å². The monoisotopic (exact) mass is 324 g/mol. The maximum atomic E-state index is 12.6. The number of carbonyl (C=O) groups excluding carboxylic acids is 1. The molecule has 1 aliphatic heterocycles. The van der Waals surface area contributed by atoms with Gasteiger partial charge in [-0.1, -0.05) is 30.3 Å². The van der Waals surface area contributed by atoms with Crippen molar-refractivity contribution in [1.29, 1.82) is 0 Å². The van der Waals surface area contributed by atoms with Gasteiger partial charge in [-0.25, -0.2) is 0 Å². The molecule has 2 N–H and O–H groups in total. The van der Waals surface area contributed by atoms with E-state index in [1.807, 2.05) is 50.2 Å². The Morgan fingerprint density at radius 3 is 2.88 bits per heavy atom. The Hall–Kier alpha value is -2.33. The number of carbonyl (C=O) groups is 1. The van der Waals surface area contributed by atoms with Crippen LogP contribution in [0.3, 0.4) is 0 Å². The van der Waals surface area contributed by atoms with Crippen molar-refractivity contribution in [3.63, 3.8) is 0 Å². The zero-order valence-electron chi connectivity index (χ0n) is 14.2. The highest BCUT2D eigenvalue weighted by molar-refractivity contribution is 6.01. The van der Waals surface area contributed by atoms with E-state index in [1.165, 1.54) is 5.56 Å². The van der Waals surface area contributed by atoms with Gasteiger partial charge in [-0.15, -0.1) is 0 Å². The van der Waals surface area contributed by atoms with Gasteiger partial charge in [-0.05, 0) is 50.6 Å². The molecule has 4 nitrogen and oxygen atoms in total. The summed E-state index contributed by atoms with van der Waals surface area (Å²) in [7, 11) is 0. The molecule has 0 fully saturated rings. The van der Waals surface area contributed by atoms with E-state index in [2.05, 4.69) is 22.8 Å². The van der Waals surface area contributed by atoms with E-state index in [0.717, 1.165) is 30.9 Å². The predicted molar refractivity (Wildman–Crippen MR) is 97.0 cm³/mol. The summed E-state index contributed by atoms with van der Waals surface area (Å²) in [4.78, 5) is 12.6. The molecule has 2 unspecified atom stereocenters. The number of anilines is 1. The Morgan fingerprint density at radius 1 is 1.29 bits per heavy atom. The fraction of sp³-hybridized carbons (Fsp3) is 0.350. The molecular weight excluding hydrogens is 300 g/mol. The molecule has 0 aliphatic carbocycles. The van der Waals surface area contributed by atoms with Crippen molar-refractivity contribution in [2.45, 2.75) is 32.4 Å². The fourth-order valence-electron chi connectivity index (χ4n) is 2.86. The van der Waals surface area contributed by atoms with Gasteiger partial charge in [0.2, 0.25) is 0 Å². The largest absolute Gasteiger partial charge is 0.487 e. The number of nitrogens with one attached hydrogen (secondary N) is 2.